The Morgan fingerprint density at radius 3 is 2.65 bits per heavy atom. The molecule has 198 valence electrons. The van der Waals surface area contributed by atoms with Gasteiger partial charge in [0.15, 0.2) is 0 Å². The summed E-state index contributed by atoms with van der Waals surface area (Å²) < 4.78 is 30.8. The second-order valence-corrected chi connectivity index (χ2v) is 10.2. The summed E-state index contributed by atoms with van der Waals surface area (Å²) in [6, 6.07) is 13.5. The number of hydrogen-bond acceptors (Lipinski definition) is 5. The van der Waals surface area contributed by atoms with E-state index in [1.54, 1.807) is 24.3 Å². The van der Waals surface area contributed by atoms with Crippen molar-refractivity contribution in [1.82, 2.24) is 15.2 Å². The first-order chi connectivity index (χ1) is 17.7. The van der Waals surface area contributed by atoms with Crippen molar-refractivity contribution in [1.29, 1.82) is 0 Å². The van der Waals surface area contributed by atoms with Crippen LogP contribution in [0.4, 0.5) is 14.0 Å². The Kier molecular flexibility index (Phi) is 8.02. The summed E-state index contributed by atoms with van der Waals surface area (Å²) in [6.07, 6.45) is 1.11. The molecule has 0 aliphatic carbocycles. The van der Waals surface area contributed by atoms with E-state index in [1.807, 2.05) is 51.1 Å². The highest BCUT2D eigenvalue weighted by atomic mass is 19.1. The lowest BCUT2D eigenvalue weighted by molar-refractivity contribution is 0.00566. The molecule has 1 saturated heterocycles. The van der Waals surface area contributed by atoms with Crippen LogP contribution in [0.1, 0.15) is 44.2 Å². The minimum atomic E-state index is -0.667. The highest BCUT2D eigenvalue weighted by Gasteiger charge is 2.45. The Hall–Kier alpha value is -3.59. The lowest BCUT2D eigenvalue weighted by Gasteiger charge is -2.35. The lowest BCUT2D eigenvalue weighted by Crippen LogP contribution is -2.48. The van der Waals surface area contributed by atoms with Crippen LogP contribution >= 0.6 is 0 Å². The van der Waals surface area contributed by atoms with Gasteiger partial charge in [0.25, 0.3) is 0 Å². The molecule has 2 N–H and O–H groups in total. The molecule has 4 rings (SSSR count). The summed E-state index contributed by atoms with van der Waals surface area (Å²) in [5, 5.41) is 3.67. The average molecular weight is 512 g/mol. The van der Waals surface area contributed by atoms with Crippen LogP contribution in [0.25, 0.3) is 10.9 Å². The van der Waals surface area contributed by atoms with E-state index in [0.29, 0.717) is 18.5 Å². The number of rotatable bonds is 7. The number of carbonyl (C=O) groups is 2. The second kappa shape index (κ2) is 11.2. The topological polar surface area (TPSA) is 92.9 Å². The predicted molar refractivity (Wildman–Crippen MR) is 138 cm³/mol. The summed E-state index contributed by atoms with van der Waals surface area (Å²) in [4.78, 5) is 30.6. The van der Waals surface area contributed by atoms with Gasteiger partial charge in [-0.15, -0.1) is 0 Å². The molecule has 1 fully saturated rings. The fourth-order valence-electron chi connectivity index (χ4n) is 4.86. The largest absolute Gasteiger partial charge is 0.445 e. The number of hydrogen-bond donors (Lipinski definition) is 2. The number of nitrogens with one attached hydrogen (secondary N) is 2. The molecule has 0 spiro atoms. The highest BCUT2D eigenvalue weighted by molar-refractivity contribution is 5.84. The molecule has 0 bridgehead atoms. The van der Waals surface area contributed by atoms with E-state index in [0.717, 1.165) is 16.5 Å². The first-order valence-corrected chi connectivity index (χ1v) is 12.4. The van der Waals surface area contributed by atoms with Crippen LogP contribution in [-0.2, 0) is 20.8 Å². The van der Waals surface area contributed by atoms with Crippen LogP contribution in [0.3, 0.4) is 0 Å². The zero-order valence-corrected chi connectivity index (χ0v) is 21.6. The molecule has 2 heterocycles. The van der Waals surface area contributed by atoms with Gasteiger partial charge in [-0.1, -0.05) is 30.3 Å². The third-order valence-electron chi connectivity index (χ3n) is 6.49. The summed E-state index contributed by atoms with van der Waals surface area (Å²) in [5.74, 6) is -0.741. The number of aromatic nitrogens is 1. The number of benzene rings is 2. The van der Waals surface area contributed by atoms with E-state index in [1.165, 1.54) is 12.1 Å². The molecule has 37 heavy (non-hydrogen) atoms. The van der Waals surface area contributed by atoms with Crippen LogP contribution in [0, 0.1) is 5.82 Å². The SMILES string of the molecule is CO[C@H]1CCN(C(=O)OC(C)(C)C)[C@@H]1[C@H](CNC(=O)OCc1ccccc1)c1c[nH]c2cc(F)ccc12. The number of carbonyl (C=O) groups excluding carboxylic acids is 2. The first-order valence-electron chi connectivity index (χ1n) is 12.4. The van der Waals surface area contributed by atoms with Gasteiger partial charge in [0.05, 0.1) is 12.1 Å². The predicted octanol–water partition coefficient (Wildman–Crippen LogP) is 5.34. The van der Waals surface area contributed by atoms with Crippen molar-refractivity contribution in [3.05, 3.63) is 71.7 Å². The molecule has 0 saturated carbocycles. The fourth-order valence-corrected chi connectivity index (χ4v) is 4.86. The highest BCUT2D eigenvalue weighted by Crippen LogP contribution is 2.37. The van der Waals surface area contributed by atoms with Crippen molar-refractivity contribution in [3.8, 4) is 0 Å². The number of methoxy groups -OCH3 is 1. The maximum atomic E-state index is 13.9. The number of aromatic amines is 1. The van der Waals surface area contributed by atoms with Gasteiger partial charge in [0.1, 0.15) is 18.0 Å². The zero-order valence-electron chi connectivity index (χ0n) is 21.6. The summed E-state index contributed by atoms with van der Waals surface area (Å²) in [5.41, 5.74) is 1.67. The summed E-state index contributed by atoms with van der Waals surface area (Å²) in [6.45, 7) is 6.21. The van der Waals surface area contributed by atoms with Crippen molar-refractivity contribution in [2.24, 2.45) is 0 Å². The molecular formula is C28H34FN3O5. The quantitative estimate of drug-likeness (QED) is 0.447. The average Bonchev–Trinajstić information content (AvgIpc) is 3.47. The van der Waals surface area contributed by atoms with Crippen LogP contribution in [-0.4, -0.2) is 60.0 Å². The normalized spacial score (nSPS) is 18.6. The molecule has 1 aromatic heterocycles. The number of amides is 2. The van der Waals surface area contributed by atoms with Gasteiger partial charge in [-0.3, -0.25) is 0 Å². The molecule has 3 atom stereocenters. The fraction of sp³-hybridized carbons (Fsp3) is 0.429. The van der Waals surface area contributed by atoms with Crippen LogP contribution in [0.2, 0.25) is 0 Å². The zero-order chi connectivity index (χ0) is 26.6. The second-order valence-electron chi connectivity index (χ2n) is 10.2. The maximum Gasteiger partial charge on any atom is 0.410 e. The van der Waals surface area contributed by atoms with Crippen molar-refractivity contribution in [3.63, 3.8) is 0 Å². The molecular weight excluding hydrogens is 477 g/mol. The molecule has 2 amide bonds. The Bertz CT molecular complexity index is 1220. The molecule has 9 heteroatoms. The smallest absolute Gasteiger partial charge is 0.410 e. The van der Waals surface area contributed by atoms with E-state index in [-0.39, 0.29) is 31.0 Å². The minimum absolute atomic E-state index is 0.137. The minimum Gasteiger partial charge on any atom is -0.445 e. The number of H-pyrrole nitrogens is 1. The Labute approximate surface area is 216 Å². The Balaban J connectivity index is 1.61. The van der Waals surface area contributed by atoms with Gasteiger partial charge in [-0.2, -0.15) is 0 Å². The molecule has 3 aromatic rings. The monoisotopic (exact) mass is 511 g/mol. The van der Waals surface area contributed by atoms with Crippen molar-refractivity contribution in [2.75, 3.05) is 20.2 Å². The maximum absolute atomic E-state index is 13.9. The number of halogens is 1. The van der Waals surface area contributed by atoms with E-state index in [2.05, 4.69) is 10.3 Å². The van der Waals surface area contributed by atoms with E-state index in [9.17, 15) is 14.0 Å². The van der Waals surface area contributed by atoms with Crippen LogP contribution < -0.4 is 5.32 Å². The third-order valence-corrected chi connectivity index (χ3v) is 6.49. The number of alkyl carbamates (subject to hydrolysis) is 1. The lowest BCUT2D eigenvalue weighted by atomic mass is 9.88. The van der Waals surface area contributed by atoms with Crippen molar-refractivity contribution < 1.29 is 28.2 Å². The number of ether oxygens (including phenoxy) is 3. The molecule has 1 aliphatic heterocycles. The Morgan fingerprint density at radius 1 is 1.19 bits per heavy atom. The van der Waals surface area contributed by atoms with Gasteiger partial charge in [-0.25, -0.2) is 14.0 Å². The van der Waals surface area contributed by atoms with E-state index in [4.69, 9.17) is 14.2 Å². The molecule has 0 unspecified atom stereocenters. The van der Waals surface area contributed by atoms with Crippen LogP contribution in [0.15, 0.2) is 54.7 Å². The van der Waals surface area contributed by atoms with Crippen molar-refractivity contribution >= 4 is 23.1 Å². The number of fused-ring (bicyclic) bond motifs is 1. The van der Waals surface area contributed by atoms with Crippen molar-refractivity contribution in [2.45, 2.75) is 57.5 Å². The third kappa shape index (κ3) is 6.40. The van der Waals surface area contributed by atoms with Gasteiger partial charge in [0.2, 0.25) is 0 Å². The van der Waals surface area contributed by atoms with Gasteiger partial charge in [0, 0.05) is 43.2 Å². The van der Waals surface area contributed by atoms with Gasteiger partial charge >= 0.3 is 12.2 Å². The van der Waals surface area contributed by atoms with Crippen LogP contribution in [0.5, 0.6) is 0 Å². The Morgan fingerprint density at radius 2 is 1.95 bits per heavy atom. The summed E-state index contributed by atoms with van der Waals surface area (Å²) in [7, 11) is 1.61. The van der Waals surface area contributed by atoms with Gasteiger partial charge < -0.3 is 29.4 Å². The summed E-state index contributed by atoms with van der Waals surface area (Å²) >= 11 is 0. The molecule has 2 aromatic carbocycles. The molecule has 8 nitrogen and oxygen atoms in total. The molecule has 1 aliphatic rings. The number of nitrogens with zero attached hydrogens (tertiary/aromatic N) is 1. The first kappa shape index (κ1) is 26.5. The van der Waals surface area contributed by atoms with E-state index < -0.39 is 23.8 Å². The van der Waals surface area contributed by atoms with E-state index >= 15 is 0 Å². The van der Waals surface area contributed by atoms with Gasteiger partial charge in [-0.05, 0) is 56.5 Å². The standard InChI is InChI=1S/C28H34FN3O5/c1-28(2,3)37-27(34)32-13-12-24(35-4)25(32)22(21-15-30-23-14-19(29)10-11-20(21)23)16-31-26(33)36-17-18-8-6-5-7-9-18/h5-11,14-15,22,24-25,30H,12-13,16-17H2,1-4H3,(H,31,33)/t22-,24+,25-/m1/s1. The molecule has 0 radical (unpaired) electrons. The number of likely N-dealkylation sites (tertiary alicyclic amines) is 1.